The molecule has 0 heterocycles. The van der Waals surface area contributed by atoms with E-state index in [1.54, 1.807) is 0 Å². The van der Waals surface area contributed by atoms with Gasteiger partial charge in [0.25, 0.3) is 0 Å². The van der Waals surface area contributed by atoms with Crippen molar-refractivity contribution >= 4 is 11.9 Å². The summed E-state index contributed by atoms with van der Waals surface area (Å²) >= 11 is 0. The summed E-state index contributed by atoms with van der Waals surface area (Å²) in [6.07, 6.45) is 80.0. The molecule has 0 aromatic rings. The number of ether oxygens (including phenoxy) is 1. The number of rotatable bonds is 65. The van der Waals surface area contributed by atoms with E-state index in [1.807, 2.05) is 0 Å². The van der Waals surface area contributed by atoms with Gasteiger partial charge in [0.15, 0.2) is 0 Å². The minimum absolute atomic E-state index is 0.0146. The third-order valence-electron chi connectivity index (χ3n) is 16.3. The first-order valence-corrected chi connectivity index (χ1v) is 34.4. The molecule has 0 fully saturated rings. The number of esters is 1. The number of unbranched alkanes of at least 4 members (excludes halogenated alkanes) is 52. The van der Waals surface area contributed by atoms with Crippen LogP contribution in [-0.4, -0.2) is 47.4 Å². The fraction of sp³-hybridized carbons (Fsp3) is 0.942. The Balaban J connectivity index is 3.27. The normalized spacial score (nSPS) is 12.5. The Bertz CT molecular complexity index is 1130. The summed E-state index contributed by atoms with van der Waals surface area (Å²) in [5.41, 5.74) is 0. The van der Waals surface area contributed by atoms with Crippen molar-refractivity contribution in [3.8, 4) is 0 Å². The number of amides is 1. The second-order valence-corrected chi connectivity index (χ2v) is 23.9. The summed E-state index contributed by atoms with van der Waals surface area (Å²) in [5.74, 6) is -0.0155. The van der Waals surface area contributed by atoms with Gasteiger partial charge in [0, 0.05) is 12.8 Å². The summed E-state index contributed by atoms with van der Waals surface area (Å²) in [6.45, 7) is 4.95. The molecule has 0 spiro atoms. The molecule has 0 radical (unpaired) electrons. The molecule has 3 N–H and O–H groups in total. The summed E-state index contributed by atoms with van der Waals surface area (Å²) in [4.78, 5) is 24.5. The van der Waals surface area contributed by atoms with Crippen LogP contribution in [0.5, 0.6) is 0 Å². The Morgan fingerprint density at radius 1 is 0.360 bits per heavy atom. The lowest BCUT2D eigenvalue weighted by Crippen LogP contribution is -2.45. The maximum absolute atomic E-state index is 12.4. The first-order valence-electron chi connectivity index (χ1n) is 34.4. The van der Waals surface area contributed by atoms with Gasteiger partial charge in [-0.3, -0.25) is 9.59 Å². The SMILES string of the molecule is CCCCCCC/C=C\CCCCCCCC(=O)OCCCCCCCCCCCCCCCCCCCCCCCCCCCCCCCCCCCCCC(=O)NC(CO)C(O)CCCCCCCCCCC. The van der Waals surface area contributed by atoms with Crippen molar-refractivity contribution in [2.24, 2.45) is 0 Å². The van der Waals surface area contributed by atoms with Crippen LogP contribution in [0.3, 0.4) is 0 Å². The predicted molar refractivity (Wildman–Crippen MR) is 329 cm³/mol. The summed E-state index contributed by atoms with van der Waals surface area (Å²) < 4.78 is 5.49. The average molecular weight is 1060 g/mol. The molecule has 0 aliphatic rings. The molecular formula is C69H135NO5. The van der Waals surface area contributed by atoms with Gasteiger partial charge in [-0.25, -0.2) is 0 Å². The molecule has 2 atom stereocenters. The molecule has 1 amide bonds. The van der Waals surface area contributed by atoms with E-state index in [0.717, 1.165) is 44.9 Å². The van der Waals surface area contributed by atoms with Crippen LogP contribution in [0, 0.1) is 0 Å². The Labute approximate surface area is 469 Å². The monoisotopic (exact) mass is 1060 g/mol. The molecule has 6 heteroatoms. The third-order valence-corrected chi connectivity index (χ3v) is 16.3. The van der Waals surface area contributed by atoms with Crippen molar-refractivity contribution in [3.63, 3.8) is 0 Å². The fourth-order valence-corrected chi connectivity index (χ4v) is 11.1. The molecule has 0 bridgehead atoms. The van der Waals surface area contributed by atoms with E-state index in [-0.39, 0.29) is 18.5 Å². The summed E-state index contributed by atoms with van der Waals surface area (Å²) in [6, 6.07) is -0.534. The molecule has 0 saturated carbocycles. The van der Waals surface area contributed by atoms with Gasteiger partial charge in [-0.15, -0.1) is 0 Å². The Morgan fingerprint density at radius 2 is 0.627 bits per heavy atom. The van der Waals surface area contributed by atoms with Crippen LogP contribution in [0.15, 0.2) is 12.2 Å². The quantitative estimate of drug-likeness (QED) is 0.0320. The zero-order valence-electron chi connectivity index (χ0n) is 51.1. The van der Waals surface area contributed by atoms with Crippen LogP contribution in [-0.2, 0) is 14.3 Å². The van der Waals surface area contributed by atoms with Crippen LogP contribution in [0.1, 0.15) is 393 Å². The van der Waals surface area contributed by atoms with Crippen molar-refractivity contribution in [1.29, 1.82) is 0 Å². The maximum atomic E-state index is 12.4. The van der Waals surface area contributed by atoms with Gasteiger partial charge in [0.1, 0.15) is 0 Å². The van der Waals surface area contributed by atoms with Crippen LogP contribution >= 0.6 is 0 Å². The molecule has 6 nitrogen and oxygen atoms in total. The lowest BCUT2D eigenvalue weighted by molar-refractivity contribution is -0.143. The number of nitrogens with one attached hydrogen (secondary N) is 1. The molecule has 2 unspecified atom stereocenters. The zero-order chi connectivity index (χ0) is 54.3. The van der Waals surface area contributed by atoms with Gasteiger partial charge < -0.3 is 20.3 Å². The highest BCUT2D eigenvalue weighted by molar-refractivity contribution is 5.76. The van der Waals surface area contributed by atoms with Gasteiger partial charge in [0.2, 0.25) is 5.91 Å². The summed E-state index contributed by atoms with van der Waals surface area (Å²) in [7, 11) is 0. The Kier molecular flexibility index (Phi) is 63.9. The highest BCUT2D eigenvalue weighted by atomic mass is 16.5. The Hall–Kier alpha value is -1.40. The molecule has 0 aliphatic heterocycles. The van der Waals surface area contributed by atoms with Crippen LogP contribution in [0.4, 0.5) is 0 Å². The van der Waals surface area contributed by atoms with Gasteiger partial charge in [-0.05, 0) is 51.4 Å². The lowest BCUT2D eigenvalue weighted by Gasteiger charge is -2.22. The molecule has 0 rings (SSSR count). The predicted octanol–water partition coefficient (Wildman–Crippen LogP) is 22.0. The fourth-order valence-electron chi connectivity index (χ4n) is 11.1. The number of hydrogen-bond acceptors (Lipinski definition) is 5. The van der Waals surface area contributed by atoms with Crippen LogP contribution in [0.2, 0.25) is 0 Å². The number of carbonyl (C=O) groups is 2. The largest absolute Gasteiger partial charge is 0.466 e. The minimum atomic E-state index is -0.657. The van der Waals surface area contributed by atoms with Crippen molar-refractivity contribution in [3.05, 3.63) is 12.2 Å². The average Bonchev–Trinajstić information content (AvgIpc) is 3.41. The number of aliphatic hydroxyl groups is 2. The molecule has 0 aromatic heterocycles. The molecular weight excluding hydrogens is 923 g/mol. The van der Waals surface area contributed by atoms with Crippen molar-refractivity contribution in [1.82, 2.24) is 5.32 Å². The molecule has 0 aromatic carbocycles. The standard InChI is InChI=1S/C69H135NO5/c1-3-5-7-9-11-13-14-15-40-43-47-51-55-59-63-69(74)75-64-60-56-52-48-44-41-38-36-34-32-30-28-26-24-22-20-18-16-17-19-21-23-25-27-29-31-33-35-37-39-42-46-50-54-58-62-68(73)70-66(65-71)67(72)61-57-53-49-45-12-10-8-6-4-2/h14-15,66-67,71-72H,3-13,16-65H2,1-2H3,(H,70,73)/b15-14-. The van der Waals surface area contributed by atoms with E-state index in [0.29, 0.717) is 25.9 Å². The molecule has 0 saturated heterocycles. The molecule has 75 heavy (non-hydrogen) atoms. The number of aliphatic hydroxyl groups excluding tert-OH is 2. The first kappa shape index (κ1) is 73.6. The summed E-state index contributed by atoms with van der Waals surface area (Å²) in [5, 5.41) is 23.1. The van der Waals surface area contributed by atoms with Gasteiger partial charge in [0.05, 0.1) is 25.4 Å². The van der Waals surface area contributed by atoms with Gasteiger partial charge in [-0.1, -0.05) is 341 Å². The topological polar surface area (TPSA) is 95.9 Å². The number of hydrogen-bond donors (Lipinski definition) is 3. The van der Waals surface area contributed by atoms with Gasteiger partial charge in [-0.2, -0.15) is 0 Å². The number of allylic oxidation sites excluding steroid dienone is 2. The minimum Gasteiger partial charge on any atom is -0.466 e. The van der Waals surface area contributed by atoms with E-state index in [9.17, 15) is 19.8 Å². The third kappa shape index (κ3) is 61.7. The smallest absolute Gasteiger partial charge is 0.305 e. The van der Waals surface area contributed by atoms with Crippen molar-refractivity contribution in [2.45, 2.75) is 405 Å². The van der Waals surface area contributed by atoms with Crippen LogP contribution < -0.4 is 5.32 Å². The highest BCUT2D eigenvalue weighted by Gasteiger charge is 2.20. The van der Waals surface area contributed by atoms with E-state index in [4.69, 9.17) is 4.74 Å². The van der Waals surface area contributed by atoms with E-state index >= 15 is 0 Å². The van der Waals surface area contributed by atoms with Gasteiger partial charge >= 0.3 is 5.97 Å². The van der Waals surface area contributed by atoms with Crippen molar-refractivity contribution < 1.29 is 24.5 Å². The first-order chi connectivity index (χ1) is 37.0. The lowest BCUT2D eigenvalue weighted by atomic mass is 10.0. The van der Waals surface area contributed by atoms with Crippen molar-refractivity contribution in [2.75, 3.05) is 13.2 Å². The Morgan fingerprint density at radius 3 is 0.947 bits per heavy atom. The van der Waals surface area contributed by atoms with E-state index in [2.05, 4.69) is 31.3 Å². The highest BCUT2D eigenvalue weighted by Crippen LogP contribution is 2.19. The molecule has 0 aliphatic carbocycles. The second kappa shape index (κ2) is 65.1. The second-order valence-electron chi connectivity index (χ2n) is 23.9. The van der Waals surface area contributed by atoms with E-state index in [1.165, 1.54) is 315 Å². The van der Waals surface area contributed by atoms with E-state index < -0.39 is 12.1 Å². The zero-order valence-corrected chi connectivity index (χ0v) is 51.1. The maximum Gasteiger partial charge on any atom is 0.305 e. The van der Waals surface area contributed by atoms with Crippen LogP contribution in [0.25, 0.3) is 0 Å². The molecule has 446 valence electrons. The number of carbonyl (C=O) groups excluding carboxylic acids is 2.